The van der Waals surface area contributed by atoms with E-state index in [-0.39, 0.29) is 31.0 Å². The van der Waals surface area contributed by atoms with E-state index in [4.69, 9.17) is 29.2 Å². The number of anilines is 1. The predicted octanol–water partition coefficient (Wildman–Crippen LogP) is 2.14. The highest BCUT2D eigenvalue weighted by Gasteiger charge is 2.52. The van der Waals surface area contributed by atoms with Crippen molar-refractivity contribution in [2.45, 2.75) is 70.3 Å². The maximum atomic E-state index is 12.7. The molecule has 16 heteroatoms. The number of ether oxygens (including phenoxy) is 4. The van der Waals surface area contributed by atoms with E-state index in [1.54, 1.807) is 13.0 Å². The van der Waals surface area contributed by atoms with Crippen molar-refractivity contribution in [2.75, 3.05) is 26.1 Å². The van der Waals surface area contributed by atoms with Gasteiger partial charge in [-0.05, 0) is 42.4 Å². The minimum atomic E-state index is -2.73. The van der Waals surface area contributed by atoms with Gasteiger partial charge in [-0.15, -0.1) is 4.52 Å². The number of nitriles is 1. The average molecular weight is 594 g/mol. The number of methoxy groups -OCH3 is 1. The molecule has 3 rings (SSSR count). The highest BCUT2D eigenvalue weighted by Crippen LogP contribution is 2.36. The van der Waals surface area contributed by atoms with Gasteiger partial charge in [0, 0.05) is 20.0 Å². The van der Waals surface area contributed by atoms with Crippen molar-refractivity contribution in [3.63, 3.8) is 0 Å². The fourth-order valence-electron chi connectivity index (χ4n) is 3.73. The highest BCUT2D eigenvalue weighted by atomic mass is 31.1. The highest BCUT2D eigenvalue weighted by molar-refractivity contribution is 7.36. The van der Waals surface area contributed by atoms with E-state index in [9.17, 15) is 24.2 Å². The fraction of sp³-hybridized carbons (Fsp3) is 0.600. The van der Waals surface area contributed by atoms with Gasteiger partial charge in [-0.25, -0.2) is 9.50 Å². The van der Waals surface area contributed by atoms with E-state index >= 15 is 0 Å². The number of hydrogen-bond donors (Lipinski definition) is 2. The van der Waals surface area contributed by atoms with Crippen LogP contribution in [0.1, 0.15) is 58.3 Å². The SMILES string of the molecule is CCC(=O)O[C@@H](c1ccc2c(N)ncnn12)[C@H](OC(=O)CC)[C@@](C#N)(CO[P+](=O)N[C@@H](C)C(=O)OCC1CC1)OC. The first-order valence-corrected chi connectivity index (χ1v) is 14.2. The van der Waals surface area contributed by atoms with Crippen LogP contribution >= 0.6 is 8.18 Å². The van der Waals surface area contributed by atoms with E-state index < -0.39 is 56.5 Å². The lowest BCUT2D eigenvalue weighted by Crippen LogP contribution is -2.53. The van der Waals surface area contributed by atoms with Crippen LogP contribution in [0.15, 0.2) is 18.5 Å². The molecular formula is C25H34N6O9P+. The monoisotopic (exact) mass is 593 g/mol. The molecule has 1 unspecified atom stereocenters. The summed E-state index contributed by atoms with van der Waals surface area (Å²) in [6, 6.07) is 4.05. The summed E-state index contributed by atoms with van der Waals surface area (Å²) in [7, 11) is -1.57. The number of rotatable bonds is 16. The summed E-state index contributed by atoms with van der Waals surface area (Å²) in [5, 5.41) is 17.0. The van der Waals surface area contributed by atoms with Crippen LogP contribution in [-0.4, -0.2) is 70.6 Å². The Bertz CT molecular complexity index is 1310. The molecule has 0 saturated heterocycles. The van der Waals surface area contributed by atoms with Gasteiger partial charge in [0.25, 0.3) is 0 Å². The summed E-state index contributed by atoms with van der Waals surface area (Å²) < 4.78 is 41.5. The Balaban J connectivity index is 1.92. The number of hydrogen-bond acceptors (Lipinski definition) is 13. The lowest BCUT2D eigenvalue weighted by atomic mass is 9.92. The van der Waals surface area contributed by atoms with E-state index in [0.29, 0.717) is 11.4 Å². The van der Waals surface area contributed by atoms with Crippen molar-refractivity contribution in [3.05, 3.63) is 24.2 Å². The van der Waals surface area contributed by atoms with E-state index in [1.165, 1.54) is 30.8 Å². The van der Waals surface area contributed by atoms with Gasteiger partial charge in [-0.2, -0.15) is 10.4 Å². The fourth-order valence-corrected chi connectivity index (χ4v) is 4.53. The van der Waals surface area contributed by atoms with Crippen molar-refractivity contribution in [1.82, 2.24) is 19.7 Å². The predicted molar refractivity (Wildman–Crippen MR) is 142 cm³/mol. The Morgan fingerprint density at radius 1 is 1.24 bits per heavy atom. The summed E-state index contributed by atoms with van der Waals surface area (Å²) in [5.74, 6) is -1.55. The molecule has 0 aromatic carbocycles. The molecule has 41 heavy (non-hydrogen) atoms. The summed E-state index contributed by atoms with van der Waals surface area (Å²) in [5.41, 5.74) is 4.37. The van der Waals surface area contributed by atoms with Gasteiger partial charge >= 0.3 is 26.1 Å². The normalized spacial score (nSPS) is 17.0. The van der Waals surface area contributed by atoms with Crippen LogP contribution in [-0.2, 0) is 42.4 Å². The molecule has 222 valence electrons. The maximum Gasteiger partial charge on any atom is 0.613 e. The summed E-state index contributed by atoms with van der Waals surface area (Å²) >= 11 is 0. The van der Waals surface area contributed by atoms with Crippen molar-refractivity contribution >= 4 is 37.4 Å². The van der Waals surface area contributed by atoms with Crippen LogP contribution in [0.2, 0.25) is 0 Å². The smallest absolute Gasteiger partial charge is 0.464 e. The molecule has 1 aliphatic rings. The molecule has 1 fully saturated rings. The molecule has 3 N–H and O–H groups in total. The third-order valence-corrected chi connectivity index (χ3v) is 7.35. The second-order valence-electron chi connectivity index (χ2n) is 9.39. The van der Waals surface area contributed by atoms with Crippen molar-refractivity contribution in [3.8, 4) is 6.07 Å². The molecule has 0 amide bonds. The molecule has 1 aliphatic carbocycles. The van der Waals surface area contributed by atoms with Crippen molar-refractivity contribution < 1.29 is 42.4 Å². The second kappa shape index (κ2) is 14.3. The summed E-state index contributed by atoms with van der Waals surface area (Å²) in [4.78, 5) is 41.3. The number of aromatic nitrogens is 3. The zero-order valence-electron chi connectivity index (χ0n) is 23.3. The molecular weight excluding hydrogens is 559 g/mol. The molecule has 2 heterocycles. The zero-order valence-corrected chi connectivity index (χ0v) is 24.2. The first-order chi connectivity index (χ1) is 19.6. The molecule has 0 bridgehead atoms. The lowest BCUT2D eigenvalue weighted by Gasteiger charge is -2.35. The molecule has 0 spiro atoms. The van der Waals surface area contributed by atoms with E-state index in [1.807, 2.05) is 6.07 Å². The Labute approximate surface area is 237 Å². The number of fused-ring (bicyclic) bond motifs is 1. The number of nitrogens with one attached hydrogen (secondary N) is 1. The molecule has 15 nitrogen and oxygen atoms in total. The van der Waals surface area contributed by atoms with Gasteiger partial charge in [-0.3, -0.25) is 14.4 Å². The van der Waals surface area contributed by atoms with Crippen LogP contribution in [0.25, 0.3) is 5.52 Å². The van der Waals surface area contributed by atoms with Crippen LogP contribution in [0.4, 0.5) is 5.82 Å². The number of carbonyl (C=O) groups excluding carboxylic acids is 3. The zero-order chi connectivity index (χ0) is 30.2. The largest absolute Gasteiger partial charge is 0.613 e. The molecule has 0 aliphatic heterocycles. The number of nitrogens with two attached hydrogens (primary N) is 1. The van der Waals surface area contributed by atoms with Gasteiger partial charge in [0.2, 0.25) is 5.60 Å². The third-order valence-electron chi connectivity index (χ3n) is 6.39. The minimum absolute atomic E-state index is 0.0427. The number of nitrogens with zero attached hydrogens (tertiary/aromatic N) is 4. The maximum absolute atomic E-state index is 12.7. The molecule has 2 aromatic rings. The summed E-state index contributed by atoms with van der Waals surface area (Å²) in [6.45, 7) is 4.13. The van der Waals surface area contributed by atoms with Gasteiger partial charge in [-0.1, -0.05) is 18.9 Å². The second-order valence-corrected chi connectivity index (χ2v) is 10.4. The number of nitrogen functional groups attached to an aromatic ring is 1. The van der Waals surface area contributed by atoms with E-state index in [2.05, 4.69) is 15.2 Å². The molecule has 2 aromatic heterocycles. The van der Waals surface area contributed by atoms with Crippen molar-refractivity contribution in [1.29, 1.82) is 5.26 Å². The van der Waals surface area contributed by atoms with Gasteiger partial charge in [0.05, 0.1) is 12.3 Å². The number of esters is 3. The van der Waals surface area contributed by atoms with Gasteiger partial charge in [0.15, 0.2) is 24.6 Å². The van der Waals surface area contributed by atoms with Crippen LogP contribution in [0.3, 0.4) is 0 Å². The quantitative estimate of drug-likeness (QED) is 0.162. The number of carbonyl (C=O) groups is 3. The van der Waals surface area contributed by atoms with Crippen LogP contribution in [0.5, 0.6) is 0 Å². The van der Waals surface area contributed by atoms with Crippen molar-refractivity contribution in [2.24, 2.45) is 5.92 Å². The first-order valence-electron chi connectivity index (χ1n) is 13.0. The summed E-state index contributed by atoms with van der Waals surface area (Å²) in [6.07, 6.45) is -0.0218. The van der Waals surface area contributed by atoms with Crippen LogP contribution < -0.4 is 10.8 Å². The molecule has 1 saturated carbocycles. The Morgan fingerprint density at radius 3 is 2.54 bits per heavy atom. The average Bonchev–Trinajstić information content (AvgIpc) is 3.71. The Hall–Kier alpha value is -3.70. The van der Waals surface area contributed by atoms with Gasteiger partial charge in [0.1, 0.15) is 24.0 Å². The van der Waals surface area contributed by atoms with E-state index in [0.717, 1.165) is 20.0 Å². The molecule has 5 atom stereocenters. The molecule has 0 radical (unpaired) electrons. The Kier molecular flexibility index (Phi) is 11.1. The third kappa shape index (κ3) is 7.95. The lowest BCUT2D eigenvalue weighted by molar-refractivity contribution is -0.193. The minimum Gasteiger partial charge on any atom is -0.464 e. The standard InChI is InChI=1S/C25H34N6O9P/c1-5-19(32)39-21(17-9-10-18-23(27)28-14-29-31(17)18)22(40-20(33)6-2)25(12-26,36-4)13-38-41(35)30-15(3)24(34)37-11-16-7-8-16/h9-10,14-16,21-22H,5-8,11,13H2,1-4H3,(H,30,35)(H2,27,28,29)/q+1/t15-,21-,22-,25+/m0/s1. The Morgan fingerprint density at radius 2 is 1.93 bits per heavy atom. The van der Waals surface area contributed by atoms with Crippen LogP contribution in [0, 0.1) is 17.2 Å². The topological polar surface area (TPSA) is 206 Å². The first kappa shape index (κ1) is 31.8. The van der Waals surface area contributed by atoms with Gasteiger partial charge < -0.3 is 24.7 Å².